The third kappa shape index (κ3) is 2.23. The first-order valence-electron chi connectivity index (χ1n) is 4.38. The Kier molecular flexibility index (Phi) is 3.11. The van der Waals surface area contributed by atoms with Crippen LogP contribution in [-0.4, -0.2) is 11.1 Å². The number of carboxylic acid groups (broad SMARTS) is 1. The minimum Gasteiger partial charge on any atom is -0.481 e. The van der Waals surface area contributed by atoms with Crippen molar-refractivity contribution in [3.8, 4) is 0 Å². The van der Waals surface area contributed by atoms with E-state index in [-0.39, 0.29) is 0 Å². The number of carboxylic acids is 1. The quantitative estimate of drug-likeness (QED) is 0.776. The van der Waals surface area contributed by atoms with Crippen LogP contribution in [-0.2, 0) is 11.2 Å². The van der Waals surface area contributed by atoms with E-state index in [0.717, 1.165) is 10.5 Å². The smallest absolute Gasteiger partial charge is 0.313 e. The lowest BCUT2D eigenvalue weighted by atomic mass is 9.83. The van der Waals surface area contributed by atoms with Gasteiger partial charge >= 0.3 is 5.97 Å². The molecule has 0 unspecified atom stereocenters. The Morgan fingerprint density at radius 3 is 2.71 bits per heavy atom. The highest BCUT2D eigenvalue weighted by Crippen LogP contribution is 2.29. The van der Waals surface area contributed by atoms with Crippen molar-refractivity contribution in [2.24, 2.45) is 5.41 Å². The summed E-state index contributed by atoms with van der Waals surface area (Å²) in [5.41, 5.74) is -0.100. The van der Waals surface area contributed by atoms with Crippen molar-refractivity contribution in [2.45, 2.75) is 20.3 Å². The van der Waals surface area contributed by atoms with Crippen LogP contribution >= 0.6 is 11.3 Å². The molecule has 0 bridgehead atoms. The van der Waals surface area contributed by atoms with Gasteiger partial charge in [0.25, 0.3) is 0 Å². The Labute approximate surface area is 87.9 Å². The van der Waals surface area contributed by atoms with Crippen molar-refractivity contribution >= 4 is 17.3 Å². The third-order valence-corrected chi connectivity index (χ3v) is 3.26. The van der Waals surface area contributed by atoms with Gasteiger partial charge < -0.3 is 5.11 Å². The van der Waals surface area contributed by atoms with Gasteiger partial charge in [0.1, 0.15) is 0 Å². The molecule has 1 rings (SSSR count). The van der Waals surface area contributed by atoms with Crippen LogP contribution in [0.1, 0.15) is 18.7 Å². The number of hydrogen-bond acceptors (Lipinski definition) is 2. The summed E-state index contributed by atoms with van der Waals surface area (Å²) < 4.78 is 0. The van der Waals surface area contributed by atoms with Gasteiger partial charge in [-0.2, -0.15) is 0 Å². The fourth-order valence-corrected chi connectivity index (χ4v) is 1.74. The molecule has 0 saturated carbocycles. The van der Waals surface area contributed by atoms with Gasteiger partial charge in [-0.1, -0.05) is 18.2 Å². The topological polar surface area (TPSA) is 37.3 Å². The standard InChI is InChI=1S/C11H14O2S/c1-8(11(2,3)10(12)13)7-9-5-4-6-14-9/h4-6H,1,7H2,2-3H3,(H,12,13). The molecule has 1 aromatic rings. The Morgan fingerprint density at radius 2 is 2.29 bits per heavy atom. The molecule has 0 spiro atoms. The molecule has 1 aromatic heterocycles. The molecule has 0 aromatic carbocycles. The van der Waals surface area contributed by atoms with Gasteiger partial charge in [-0.3, -0.25) is 4.79 Å². The van der Waals surface area contributed by atoms with Crippen LogP contribution in [0.5, 0.6) is 0 Å². The summed E-state index contributed by atoms with van der Waals surface area (Å²) in [5.74, 6) is -0.820. The van der Waals surface area contributed by atoms with Crippen molar-refractivity contribution in [3.05, 3.63) is 34.5 Å². The van der Waals surface area contributed by atoms with Gasteiger partial charge in [-0.15, -0.1) is 11.3 Å². The molecule has 0 aliphatic rings. The van der Waals surface area contributed by atoms with Gasteiger partial charge in [0, 0.05) is 11.3 Å². The molecule has 0 atom stereocenters. The Balaban J connectivity index is 2.72. The summed E-state index contributed by atoms with van der Waals surface area (Å²) in [6.07, 6.45) is 0.650. The molecule has 1 heterocycles. The molecule has 2 nitrogen and oxygen atoms in total. The molecular formula is C11H14O2S. The molecule has 0 aliphatic carbocycles. The van der Waals surface area contributed by atoms with Gasteiger partial charge in [0.2, 0.25) is 0 Å². The molecule has 1 N–H and O–H groups in total. The van der Waals surface area contributed by atoms with Crippen molar-refractivity contribution in [1.29, 1.82) is 0 Å². The van der Waals surface area contributed by atoms with Gasteiger partial charge in [0.05, 0.1) is 5.41 Å². The average Bonchev–Trinajstić information content (AvgIpc) is 2.56. The second-order valence-electron chi connectivity index (χ2n) is 3.79. The van der Waals surface area contributed by atoms with E-state index in [1.165, 1.54) is 0 Å². The predicted octanol–water partition coefficient (Wildman–Crippen LogP) is 2.96. The zero-order chi connectivity index (χ0) is 10.8. The fourth-order valence-electron chi connectivity index (χ4n) is 0.996. The van der Waals surface area contributed by atoms with Crippen LogP contribution in [0.4, 0.5) is 0 Å². The van der Waals surface area contributed by atoms with E-state index >= 15 is 0 Å². The molecular weight excluding hydrogens is 196 g/mol. The van der Waals surface area contributed by atoms with Crippen molar-refractivity contribution in [3.63, 3.8) is 0 Å². The maximum Gasteiger partial charge on any atom is 0.313 e. The molecule has 0 aliphatic heterocycles. The van der Waals surface area contributed by atoms with E-state index in [0.29, 0.717) is 6.42 Å². The lowest BCUT2D eigenvalue weighted by molar-refractivity contribution is -0.144. The van der Waals surface area contributed by atoms with Crippen molar-refractivity contribution < 1.29 is 9.90 Å². The molecule has 14 heavy (non-hydrogen) atoms. The SMILES string of the molecule is C=C(Cc1cccs1)C(C)(C)C(=O)O. The third-order valence-electron chi connectivity index (χ3n) is 2.39. The number of carbonyl (C=O) groups is 1. The number of thiophene rings is 1. The van der Waals surface area contributed by atoms with Gasteiger partial charge in [-0.25, -0.2) is 0 Å². The summed E-state index contributed by atoms with van der Waals surface area (Å²) in [5, 5.41) is 11.0. The van der Waals surface area contributed by atoms with Crippen LogP contribution in [0, 0.1) is 5.41 Å². The molecule has 0 amide bonds. The normalized spacial score (nSPS) is 11.3. The maximum atomic E-state index is 10.9. The second kappa shape index (κ2) is 3.96. The zero-order valence-corrected chi connectivity index (χ0v) is 9.23. The summed E-state index contributed by atoms with van der Waals surface area (Å²) >= 11 is 1.63. The van der Waals surface area contributed by atoms with Gasteiger partial charge in [0.15, 0.2) is 0 Å². The molecule has 0 fully saturated rings. The first kappa shape index (κ1) is 11.0. The summed E-state index contributed by atoms with van der Waals surface area (Å²) in [6.45, 7) is 7.22. The highest BCUT2D eigenvalue weighted by Gasteiger charge is 2.30. The van der Waals surface area contributed by atoms with Crippen molar-refractivity contribution in [2.75, 3.05) is 0 Å². The lowest BCUT2D eigenvalue weighted by Gasteiger charge is -2.21. The number of aliphatic carboxylic acids is 1. The minimum atomic E-state index is -0.843. The summed E-state index contributed by atoms with van der Waals surface area (Å²) in [7, 11) is 0. The lowest BCUT2D eigenvalue weighted by Crippen LogP contribution is -2.26. The number of rotatable bonds is 4. The largest absolute Gasteiger partial charge is 0.481 e. The van der Waals surface area contributed by atoms with E-state index in [9.17, 15) is 4.79 Å². The zero-order valence-electron chi connectivity index (χ0n) is 8.41. The van der Waals surface area contributed by atoms with E-state index < -0.39 is 11.4 Å². The number of hydrogen-bond donors (Lipinski definition) is 1. The molecule has 3 heteroatoms. The van der Waals surface area contributed by atoms with Crippen molar-refractivity contribution in [1.82, 2.24) is 0 Å². The van der Waals surface area contributed by atoms with E-state index in [1.807, 2.05) is 17.5 Å². The highest BCUT2D eigenvalue weighted by molar-refractivity contribution is 7.09. The second-order valence-corrected chi connectivity index (χ2v) is 4.82. The predicted molar refractivity (Wildman–Crippen MR) is 58.6 cm³/mol. The summed E-state index contributed by atoms with van der Waals surface area (Å²) in [4.78, 5) is 12.1. The minimum absolute atomic E-state index is 0.650. The van der Waals surface area contributed by atoms with Crippen LogP contribution in [0.15, 0.2) is 29.7 Å². The fraction of sp³-hybridized carbons (Fsp3) is 0.364. The van der Waals surface area contributed by atoms with Gasteiger partial charge in [-0.05, 0) is 25.3 Å². The molecule has 76 valence electrons. The average molecular weight is 210 g/mol. The Morgan fingerprint density at radius 1 is 1.64 bits per heavy atom. The maximum absolute atomic E-state index is 10.9. The molecule has 0 saturated heterocycles. The van der Waals surface area contributed by atoms with Crippen LogP contribution in [0.2, 0.25) is 0 Å². The van der Waals surface area contributed by atoms with Crippen LogP contribution in [0.3, 0.4) is 0 Å². The first-order valence-corrected chi connectivity index (χ1v) is 5.26. The summed E-state index contributed by atoms with van der Waals surface area (Å²) in [6, 6.07) is 3.95. The Hall–Kier alpha value is -1.09. The highest BCUT2D eigenvalue weighted by atomic mass is 32.1. The van der Waals surface area contributed by atoms with Crippen LogP contribution < -0.4 is 0 Å². The van der Waals surface area contributed by atoms with E-state index in [1.54, 1.807) is 25.2 Å². The van der Waals surface area contributed by atoms with Crippen LogP contribution in [0.25, 0.3) is 0 Å². The Bertz CT molecular complexity index is 336. The first-order chi connectivity index (χ1) is 6.44. The molecule has 0 radical (unpaired) electrons. The van der Waals surface area contributed by atoms with E-state index in [2.05, 4.69) is 6.58 Å². The monoisotopic (exact) mass is 210 g/mol. The van der Waals surface area contributed by atoms with E-state index in [4.69, 9.17) is 5.11 Å².